The number of rotatable bonds is 7. The molecule has 3 heterocycles. The van der Waals surface area contributed by atoms with Crippen LogP contribution in [-0.4, -0.2) is 49.8 Å². The van der Waals surface area contributed by atoms with Crippen LogP contribution in [0.3, 0.4) is 0 Å². The molecule has 1 aliphatic heterocycles. The van der Waals surface area contributed by atoms with Gasteiger partial charge < -0.3 is 15.1 Å². The molecule has 2 aromatic heterocycles. The van der Waals surface area contributed by atoms with Crippen molar-refractivity contribution in [3.8, 4) is 0 Å². The van der Waals surface area contributed by atoms with Crippen LogP contribution >= 0.6 is 0 Å². The van der Waals surface area contributed by atoms with E-state index in [1.165, 1.54) is 28.7 Å². The highest BCUT2D eigenvalue weighted by Gasteiger charge is 2.34. The maximum Gasteiger partial charge on any atom is 0.419 e. The second kappa shape index (κ2) is 9.04. The van der Waals surface area contributed by atoms with E-state index in [0.29, 0.717) is 13.1 Å². The highest BCUT2D eigenvalue weighted by molar-refractivity contribution is 7.89. The van der Waals surface area contributed by atoms with Gasteiger partial charge in [0.05, 0.1) is 5.56 Å². The number of amides is 1. The molecule has 0 unspecified atom stereocenters. The van der Waals surface area contributed by atoms with Crippen molar-refractivity contribution in [3.63, 3.8) is 0 Å². The number of nitrogens with zero attached hydrogens (tertiary/aromatic N) is 2. The van der Waals surface area contributed by atoms with E-state index in [4.69, 9.17) is 4.42 Å². The first kappa shape index (κ1) is 22.1. The Morgan fingerprint density at radius 1 is 1.13 bits per heavy atom. The minimum atomic E-state index is -4.55. The first-order chi connectivity index (χ1) is 14.2. The molecule has 0 aromatic carbocycles. The van der Waals surface area contributed by atoms with Crippen molar-refractivity contribution in [1.82, 2.24) is 14.6 Å². The number of anilines is 1. The molecular weight excluding hydrogens is 425 g/mol. The van der Waals surface area contributed by atoms with Crippen LogP contribution in [0.2, 0.25) is 0 Å². The summed E-state index contributed by atoms with van der Waals surface area (Å²) in [6.45, 7) is 0.764. The number of furan rings is 1. The molecule has 2 N–H and O–H groups in total. The molecule has 1 saturated heterocycles. The minimum Gasteiger partial charge on any atom is -0.438 e. The third-order valence-corrected chi connectivity index (χ3v) is 6.30. The molecule has 1 aliphatic rings. The van der Waals surface area contributed by atoms with Crippen LogP contribution in [0.1, 0.15) is 35.4 Å². The summed E-state index contributed by atoms with van der Waals surface area (Å²) in [5.41, 5.74) is -0.907. The summed E-state index contributed by atoms with van der Waals surface area (Å²) in [7, 11) is -3.80. The molecule has 1 amide bonds. The molecule has 8 nitrogen and oxygen atoms in total. The van der Waals surface area contributed by atoms with Crippen LogP contribution in [0.25, 0.3) is 0 Å². The van der Waals surface area contributed by atoms with Crippen LogP contribution in [0.4, 0.5) is 19.0 Å². The van der Waals surface area contributed by atoms with E-state index in [1.54, 1.807) is 0 Å². The fraction of sp³-hybridized carbons (Fsp3) is 0.444. The number of nitrogens with one attached hydrogen (secondary N) is 2. The van der Waals surface area contributed by atoms with E-state index < -0.39 is 27.7 Å². The SMILES string of the molecule is O=C(NCCNc1ncccc1C(F)(F)F)c1ccc(S(=O)(=O)N2CCCCC2)o1. The summed E-state index contributed by atoms with van der Waals surface area (Å²) in [6.07, 6.45) is -0.818. The molecule has 12 heteroatoms. The summed E-state index contributed by atoms with van der Waals surface area (Å²) in [4.78, 5) is 15.8. The van der Waals surface area contributed by atoms with Gasteiger partial charge in [-0.2, -0.15) is 17.5 Å². The van der Waals surface area contributed by atoms with E-state index >= 15 is 0 Å². The lowest BCUT2D eigenvalue weighted by Gasteiger charge is -2.24. The lowest BCUT2D eigenvalue weighted by atomic mass is 10.2. The highest BCUT2D eigenvalue weighted by atomic mass is 32.2. The fourth-order valence-corrected chi connectivity index (χ4v) is 4.46. The normalized spacial score (nSPS) is 15.7. The van der Waals surface area contributed by atoms with Crippen LogP contribution in [-0.2, 0) is 16.2 Å². The van der Waals surface area contributed by atoms with Gasteiger partial charge >= 0.3 is 6.18 Å². The Morgan fingerprint density at radius 3 is 2.57 bits per heavy atom. The number of aromatic nitrogens is 1. The third kappa shape index (κ3) is 5.11. The Labute approximate surface area is 171 Å². The zero-order valence-electron chi connectivity index (χ0n) is 15.9. The van der Waals surface area contributed by atoms with Gasteiger partial charge in [0.25, 0.3) is 15.9 Å². The van der Waals surface area contributed by atoms with E-state index in [-0.39, 0.29) is 29.8 Å². The summed E-state index contributed by atoms with van der Waals surface area (Å²) in [6, 6.07) is 4.56. The molecular formula is C18H21F3N4O4S. The quantitative estimate of drug-likeness (QED) is 0.634. The molecule has 3 rings (SSSR count). The first-order valence-electron chi connectivity index (χ1n) is 9.34. The zero-order valence-corrected chi connectivity index (χ0v) is 16.7. The zero-order chi connectivity index (χ0) is 21.8. The Bertz CT molecular complexity index is 985. The van der Waals surface area contributed by atoms with Crippen molar-refractivity contribution < 1.29 is 30.8 Å². The van der Waals surface area contributed by atoms with Gasteiger partial charge in [-0.05, 0) is 37.1 Å². The van der Waals surface area contributed by atoms with Gasteiger partial charge in [0.1, 0.15) is 5.82 Å². The lowest BCUT2D eigenvalue weighted by molar-refractivity contribution is -0.137. The monoisotopic (exact) mass is 446 g/mol. The Balaban J connectivity index is 1.54. The van der Waals surface area contributed by atoms with Crippen LogP contribution in [0, 0.1) is 0 Å². The van der Waals surface area contributed by atoms with Crippen molar-refractivity contribution in [1.29, 1.82) is 0 Å². The van der Waals surface area contributed by atoms with Gasteiger partial charge in [-0.25, -0.2) is 13.4 Å². The molecule has 30 heavy (non-hydrogen) atoms. The van der Waals surface area contributed by atoms with Crippen molar-refractivity contribution in [2.45, 2.75) is 30.5 Å². The van der Waals surface area contributed by atoms with Gasteiger partial charge in [-0.3, -0.25) is 4.79 Å². The smallest absolute Gasteiger partial charge is 0.419 e. The van der Waals surface area contributed by atoms with Gasteiger partial charge in [-0.15, -0.1) is 0 Å². The first-order valence-corrected chi connectivity index (χ1v) is 10.8. The molecule has 0 radical (unpaired) electrons. The topological polar surface area (TPSA) is 105 Å². The van der Waals surface area contributed by atoms with Crippen LogP contribution in [0.5, 0.6) is 0 Å². The van der Waals surface area contributed by atoms with E-state index in [0.717, 1.165) is 25.3 Å². The average molecular weight is 446 g/mol. The second-order valence-electron chi connectivity index (χ2n) is 6.66. The Morgan fingerprint density at radius 2 is 1.87 bits per heavy atom. The third-order valence-electron chi connectivity index (χ3n) is 4.53. The van der Waals surface area contributed by atoms with Gasteiger partial charge in [0.2, 0.25) is 5.09 Å². The maximum absolute atomic E-state index is 12.9. The largest absolute Gasteiger partial charge is 0.438 e. The number of carbonyl (C=O) groups excluding carboxylic acids is 1. The number of hydrogen-bond acceptors (Lipinski definition) is 6. The number of alkyl halides is 3. The number of halogens is 3. The number of sulfonamides is 1. The predicted octanol–water partition coefficient (Wildman–Crippen LogP) is 2.71. The van der Waals surface area contributed by atoms with E-state index in [9.17, 15) is 26.4 Å². The Kier molecular flexibility index (Phi) is 6.66. The van der Waals surface area contributed by atoms with E-state index in [2.05, 4.69) is 15.6 Å². The summed E-state index contributed by atoms with van der Waals surface area (Å²) >= 11 is 0. The molecule has 0 bridgehead atoms. The van der Waals surface area contributed by atoms with Crippen LogP contribution < -0.4 is 10.6 Å². The van der Waals surface area contributed by atoms with Crippen molar-refractivity contribution in [2.24, 2.45) is 0 Å². The standard InChI is InChI=1S/C18H21F3N4O4S/c19-18(20,21)13-5-4-8-22-16(13)23-9-10-24-17(26)14-6-7-15(29-14)30(27,28)25-11-2-1-3-12-25/h4-8H,1-3,9-12H2,(H,22,23)(H,24,26). The number of pyridine rings is 1. The van der Waals surface area contributed by atoms with Gasteiger partial charge in [-0.1, -0.05) is 6.42 Å². The van der Waals surface area contributed by atoms with Gasteiger partial charge in [0.15, 0.2) is 5.76 Å². The second-order valence-corrected chi connectivity index (χ2v) is 8.53. The molecule has 0 aliphatic carbocycles. The lowest BCUT2D eigenvalue weighted by Crippen LogP contribution is -2.35. The number of hydrogen-bond donors (Lipinski definition) is 2. The summed E-state index contributed by atoms with van der Waals surface area (Å²) in [5, 5.41) is 4.67. The molecule has 1 fully saturated rings. The Hall–Kier alpha value is -2.60. The molecule has 2 aromatic rings. The summed E-state index contributed by atoms with van der Waals surface area (Å²) in [5.74, 6) is -1.21. The maximum atomic E-state index is 12.9. The fourth-order valence-electron chi connectivity index (χ4n) is 3.03. The number of piperidine rings is 1. The van der Waals surface area contributed by atoms with Crippen LogP contribution in [0.15, 0.2) is 40.0 Å². The molecule has 0 saturated carbocycles. The predicted molar refractivity (Wildman–Crippen MR) is 101 cm³/mol. The molecule has 0 spiro atoms. The minimum absolute atomic E-state index is 0.0223. The van der Waals surface area contributed by atoms with Gasteiger partial charge in [0, 0.05) is 32.4 Å². The van der Waals surface area contributed by atoms with E-state index in [1.807, 2.05) is 0 Å². The average Bonchev–Trinajstić information content (AvgIpc) is 3.22. The van der Waals surface area contributed by atoms with Crippen molar-refractivity contribution in [2.75, 3.05) is 31.5 Å². The summed E-state index contributed by atoms with van der Waals surface area (Å²) < 4.78 is 70.4. The molecule has 0 atom stereocenters. The van der Waals surface area contributed by atoms with Crippen molar-refractivity contribution in [3.05, 3.63) is 41.8 Å². The highest BCUT2D eigenvalue weighted by Crippen LogP contribution is 2.33. The van der Waals surface area contributed by atoms with Crippen molar-refractivity contribution >= 4 is 21.7 Å². The molecule has 164 valence electrons. The number of carbonyl (C=O) groups is 1.